The third-order valence-electron chi connectivity index (χ3n) is 9.50. The van der Waals surface area contributed by atoms with Gasteiger partial charge < -0.3 is 14.9 Å². The first kappa shape index (κ1) is 22.0. The first-order valence-electron chi connectivity index (χ1n) is 11.6. The van der Waals surface area contributed by atoms with E-state index in [0.29, 0.717) is 18.8 Å². The van der Waals surface area contributed by atoms with Gasteiger partial charge in [-0.2, -0.15) is 0 Å². The molecule has 4 aliphatic carbocycles. The predicted octanol–water partition coefficient (Wildman–Crippen LogP) is 3.81. The van der Waals surface area contributed by atoms with Crippen molar-refractivity contribution in [1.82, 2.24) is 0 Å². The smallest absolute Gasteiger partial charge is 0.331 e. The topological polar surface area (TPSA) is 83.8 Å². The molecule has 0 unspecified atom stereocenters. The zero-order valence-corrected chi connectivity index (χ0v) is 19.2. The molecule has 0 radical (unpaired) electrons. The van der Waals surface area contributed by atoms with E-state index >= 15 is 0 Å². The molecule has 0 amide bonds. The Morgan fingerprint density at radius 2 is 1.83 bits per heavy atom. The van der Waals surface area contributed by atoms with Gasteiger partial charge in [-0.05, 0) is 87.4 Å². The molecule has 0 aromatic carbocycles. The molecule has 0 aromatic rings. The summed E-state index contributed by atoms with van der Waals surface area (Å²) in [5.41, 5.74) is -0.759. The highest BCUT2D eigenvalue weighted by Crippen LogP contribution is 2.72. The number of hydrogen-bond acceptors (Lipinski definition) is 5. The van der Waals surface area contributed by atoms with E-state index in [-0.39, 0.29) is 35.1 Å². The predicted molar refractivity (Wildman–Crippen MR) is 113 cm³/mol. The standard InChI is InChI=1S/C25H38O5/c1-15(2)10-20(27)30-17-12-23(5)18(22(3,4)21(17)28)8-9-24-11-16(6-7-19(23)24)25(29,13-24)14-26/h10,16-19,26,29H,6-9,11-14H2,1-5H3/t16-,17-,18+,19-,23+,24+,25+/m1/s1. The molecule has 7 atom stereocenters. The van der Waals surface area contributed by atoms with Gasteiger partial charge in [0.25, 0.3) is 0 Å². The van der Waals surface area contributed by atoms with Crippen LogP contribution < -0.4 is 0 Å². The van der Waals surface area contributed by atoms with Gasteiger partial charge in [-0.1, -0.05) is 26.3 Å². The fourth-order valence-corrected chi connectivity index (χ4v) is 8.45. The second-order valence-electron chi connectivity index (χ2n) is 11.9. The molecule has 30 heavy (non-hydrogen) atoms. The Labute approximate surface area is 180 Å². The maximum Gasteiger partial charge on any atom is 0.331 e. The lowest BCUT2D eigenvalue weighted by molar-refractivity contribution is -0.190. The molecule has 4 rings (SSSR count). The summed E-state index contributed by atoms with van der Waals surface area (Å²) >= 11 is 0. The van der Waals surface area contributed by atoms with Crippen LogP contribution in [0.5, 0.6) is 0 Å². The van der Waals surface area contributed by atoms with Gasteiger partial charge in [-0.25, -0.2) is 4.79 Å². The molecule has 2 N–H and O–H groups in total. The number of esters is 1. The van der Waals surface area contributed by atoms with Gasteiger partial charge in [0.15, 0.2) is 11.9 Å². The highest BCUT2D eigenvalue weighted by molar-refractivity contribution is 5.93. The number of hydrogen-bond donors (Lipinski definition) is 2. The molecule has 168 valence electrons. The van der Waals surface area contributed by atoms with Crippen LogP contribution in [0.1, 0.15) is 79.6 Å². The fraction of sp³-hybridized carbons (Fsp3) is 0.840. The van der Waals surface area contributed by atoms with Crippen molar-refractivity contribution in [3.8, 4) is 0 Å². The number of carbonyl (C=O) groups is 2. The Morgan fingerprint density at radius 3 is 2.47 bits per heavy atom. The Kier molecular flexibility index (Phi) is 5.06. The van der Waals surface area contributed by atoms with Crippen LogP contribution in [-0.4, -0.2) is 40.3 Å². The van der Waals surface area contributed by atoms with Crippen LogP contribution in [0.4, 0.5) is 0 Å². The van der Waals surface area contributed by atoms with Crippen LogP contribution in [0.25, 0.3) is 0 Å². The summed E-state index contributed by atoms with van der Waals surface area (Å²) in [5, 5.41) is 21.0. The second kappa shape index (κ2) is 6.90. The average Bonchev–Trinajstić information content (AvgIpc) is 2.85. The van der Waals surface area contributed by atoms with Gasteiger partial charge in [-0.15, -0.1) is 0 Å². The Balaban J connectivity index is 1.68. The van der Waals surface area contributed by atoms with E-state index in [9.17, 15) is 19.8 Å². The molecule has 0 saturated heterocycles. The lowest BCUT2D eigenvalue weighted by atomic mass is 9.40. The van der Waals surface area contributed by atoms with Gasteiger partial charge in [0.05, 0.1) is 12.2 Å². The number of ether oxygens (including phenoxy) is 1. The van der Waals surface area contributed by atoms with Crippen molar-refractivity contribution in [2.75, 3.05) is 6.61 Å². The van der Waals surface area contributed by atoms with Crippen molar-refractivity contribution in [3.63, 3.8) is 0 Å². The third kappa shape index (κ3) is 3.02. The quantitative estimate of drug-likeness (QED) is 0.538. The van der Waals surface area contributed by atoms with E-state index in [1.807, 2.05) is 27.7 Å². The van der Waals surface area contributed by atoms with Crippen LogP contribution in [0.15, 0.2) is 11.6 Å². The van der Waals surface area contributed by atoms with E-state index in [1.54, 1.807) is 0 Å². The molecule has 4 saturated carbocycles. The lowest BCUT2D eigenvalue weighted by Crippen LogP contribution is -2.62. The third-order valence-corrected chi connectivity index (χ3v) is 9.50. The number of carbonyl (C=O) groups excluding carboxylic acids is 2. The van der Waals surface area contributed by atoms with Crippen molar-refractivity contribution in [1.29, 1.82) is 0 Å². The monoisotopic (exact) mass is 418 g/mol. The average molecular weight is 419 g/mol. The largest absolute Gasteiger partial charge is 0.451 e. The summed E-state index contributed by atoms with van der Waals surface area (Å²) in [5.74, 6) is 0.395. The SMILES string of the molecule is CC(C)=CC(=O)O[C@@H]1C[C@@]2(C)[C@@H](CC[C@@]34C[C@@H](CC[C@@H]32)[C@@](O)(CO)C4)C(C)(C)C1=O. The van der Waals surface area contributed by atoms with Gasteiger partial charge in [0.2, 0.25) is 0 Å². The number of fused-ring (bicyclic) bond motifs is 3. The maximum absolute atomic E-state index is 13.4. The molecule has 5 heteroatoms. The molecular weight excluding hydrogens is 380 g/mol. The highest BCUT2D eigenvalue weighted by atomic mass is 16.5. The zero-order valence-electron chi connectivity index (χ0n) is 19.2. The van der Waals surface area contributed by atoms with Crippen LogP contribution in [0.3, 0.4) is 0 Å². The molecular formula is C25H38O5. The van der Waals surface area contributed by atoms with Gasteiger partial charge in [0, 0.05) is 11.5 Å². The Hall–Kier alpha value is -1.20. The summed E-state index contributed by atoms with van der Waals surface area (Å²) < 4.78 is 5.73. The summed E-state index contributed by atoms with van der Waals surface area (Å²) in [4.78, 5) is 25.7. The maximum atomic E-state index is 13.4. The van der Waals surface area contributed by atoms with Crippen molar-refractivity contribution in [2.24, 2.45) is 34.0 Å². The van der Waals surface area contributed by atoms with E-state index < -0.39 is 23.1 Å². The molecule has 1 spiro atoms. The van der Waals surface area contributed by atoms with Crippen molar-refractivity contribution < 1.29 is 24.5 Å². The number of rotatable bonds is 3. The summed E-state index contributed by atoms with van der Waals surface area (Å²) in [6, 6.07) is 0. The van der Waals surface area contributed by atoms with Gasteiger partial charge in [-0.3, -0.25) is 4.79 Å². The zero-order chi connectivity index (χ0) is 22.1. The number of ketones is 1. The molecule has 0 heterocycles. The second-order valence-corrected chi connectivity index (χ2v) is 11.9. The fourth-order valence-electron chi connectivity index (χ4n) is 8.45. The van der Waals surface area contributed by atoms with Crippen molar-refractivity contribution >= 4 is 11.8 Å². The van der Waals surface area contributed by atoms with Gasteiger partial charge >= 0.3 is 5.97 Å². The normalized spacial score (nSPS) is 46.6. The van der Waals surface area contributed by atoms with E-state index in [0.717, 1.165) is 37.7 Å². The highest BCUT2D eigenvalue weighted by Gasteiger charge is 2.69. The van der Waals surface area contributed by atoms with Crippen LogP contribution in [0.2, 0.25) is 0 Å². The molecule has 5 nitrogen and oxygen atoms in total. The Morgan fingerprint density at radius 1 is 1.13 bits per heavy atom. The minimum absolute atomic E-state index is 0.0244. The minimum atomic E-state index is -0.965. The minimum Gasteiger partial charge on any atom is -0.451 e. The van der Waals surface area contributed by atoms with E-state index in [2.05, 4.69) is 6.92 Å². The molecule has 0 aliphatic heterocycles. The number of aliphatic hydroxyl groups is 2. The number of allylic oxidation sites excluding steroid dienone is 1. The van der Waals surface area contributed by atoms with Gasteiger partial charge in [0.1, 0.15) is 0 Å². The molecule has 4 aliphatic rings. The molecule has 2 bridgehead atoms. The van der Waals surface area contributed by atoms with Crippen molar-refractivity contribution in [2.45, 2.75) is 91.3 Å². The first-order valence-corrected chi connectivity index (χ1v) is 11.6. The summed E-state index contributed by atoms with van der Waals surface area (Å²) in [6.07, 6.45) is 6.83. The first-order chi connectivity index (χ1) is 13.9. The van der Waals surface area contributed by atoms with Crippen LogP contribution in [-0.2, 0) is 14.3 Å². The Bertz CT molecular complexity index is 780. The lowest BCUT2D eigenvalue weighted by Gasteiger charge is -2.64. The number of Topliss-reactive ketones (excluding diaryl/α,β-unsaturated/α-hetero) is 1. The van der Waals surface area contributed by atoms with Crippen LogP contribution in [0, 0.1) is 34.0 Å². The van der Waals surface area contributed by atoms with E-state index in [1.165, 1.54) is 6.08 Å². The van der Waals surface area contributed by atoms with Crippen LogP contribution >= 0.6 is 0 Å². The summed E-state index contributed by atoms with van der Waals surface area (Å²) in [6.45, 7) is 9.88. The molecule has 0 aromatic heterocycles. The summed E-state index contributed by atoms with van der Waals surface area (Å²) in [7, 11) is 0. The molecule has 4 fully saturated rings. The van der Waals surface area contributed by atoms with Crippen molar-refractivity contribution in [3.05, 3.63) is 11.6 Å². The van der Waals surface area contributed by atoms with E-state index in [4.69, 9.17) is 4.74 Å². The number of aliphatic hydroxyl groups excluding tert-OH is 1.